The van der Waals surface area contributed by atoms with Crippen LogP contribution in [0.4, 0.5) is 0 Å². The lowest BCUT2D eigenvalue weighted by atomic mass is 10.2. The Labute approximate surface area is 198 Å². The highest BCUT2D eigenvalue weighted by atomic mass is 32.2. The third-order valence-electron chi connectivity index (χ3n) is 5.61. The van der Waals surface area contributed by atoms with Crippen molar-refractivity contribution >= 4 is 23.7 Å². The maximum atomic E-state index is 12.7. The molecule has 2 aromatic heterocycles. The fourth-order valence-electron chi connectivity index (χ4n) is 3.85. The van der Waals surface area contributed by atoms with Gasteiger partial charge < -0.3 is 13.9 Å². The Morgan fingerprint density at radius 2 is 1.94 bits per heavy atom. The summed E-state index contributed by atoms with van der Waals surface area (Å²) in [5.41, 5.74) is 2.67. The van der Waals surface area contributed by atoms with Crippen molar-refractivity contribution in [2.45, 2.75) is 33.2 Å². The Balaban J connectivity index is 1.21. The number of hydrogen-bond acceptors (Lipinski definition) is 8. The van der Waals surface area contributed by atoms with Crippen LogP contribution in [0.3, 0.4) is 0 Å². The highest BCUT2D eigenvalue weighted by molar-refractivity contribution is 8.02. The molecule has 0 spiro atoms. The average Bonchev–Trinajstić information content (AvgIpc) is 3.32. The van der Waals surface area contributed by atoms with Crippen LogP contribution in [0.25, 0.3) is 17.5 Å². The first kappa shape index (κ1) is 23.3. The highest BCUT2D eigenvalue weighted by Gasteiger charge is 2.22. The molecule has 0 N–H and O–H groups in total. The number of thioether (sulfide) groups is 1. The maximum Gasteiger partial charge on any atom is 0.263 e. The minimum Gasteiger partial charge on any atom is -0.361 e. The first-order chi connectivity index (χ1) is 16.1. The van der Waals surface area contributed by atoms with E-state index in [0.717, 1.165) is 49.6 Å². The number of aryl methyl sites for hydroxylation is 2. The van der Waals surface area contributed by atoms with Gasteiger partial charge in [-0.05, 0) is 37.3 Å². The molecule has 1 saturated heterocycles. The van der Waals surface area contributed by atoms with E-state index in [1.165, 1.54) is 5.56 Å². The van der Waals surface area contributed by atoms with E-state index in [2.05, 4.69) is 43.8 Å². The van der Waals surface area contributed by atoms with Crippen LogP contribution in [0, 0.1) is 13.8 Å². The summed E-state index contributed by atoms with van der Waals surface area (Å²) >= 11 is 1.67. The first-order valence-corrected chi connectivity index (χ1v) is 12.2. The minimum atomic E-state index is 0.220. The van der Waals surface area contributed by atoms with Crippen molar-refractivity contribution in [1.29, 1.82) is 0 Å². The van der Waals surface area contributed by atoms with Crippen LogP contribution in [0.2, 0.25) is 0 Å². The van der Waals surface area contributed by atoms with Gasteiger partial charge in [0.05, 0.1) is 12.2 Å². The van der Waals surface area contributed by atoms with Gasteiger partial charge in [-0.2, -0.15) is 4.98 Å². The molecular weight excluding hydrogens is 438 g/mol. The predicted octanol–water partition coefficient (Wildman–Crippen LogP) is 4.17. The topological polar surface area (TPSA) is 88.5 Å². The SMILES string of the molecule is Cc1noc(C)c1-c1nc(CN2CCCN(C(=O)CCS/C=C\c3ccccc3)CC2)no1. The Morgan fingerprint density at radius 3 is 2.73 bits per heavy atom. The third kappa shape index (κ3) is 6.33. The zero-order valence-electron chi connectivity index (χ0n) is 19.1. The van der Waals surface area contributed by atoms with Crippen molar-refractivity contribution in [3.63, 3.8) is 0 Å². The van der Waals surface area contributed by atoms with E-state index in [9.17, 15) is 4.79 Å². The van der Waals surface area contributed by atoms with Crippen LogP contribution in [-0.4, -0.2) is 62.9 Å². The van der Waals surface area contributed by atoms with Gasteiger partial charge in [0.1, 0.15) is 11.3 Å². The predicted molar refractivity (Wildman–Crippen MR) is 128 cm³/mol. The average molecular weight is 468 g/mol. The van der Waals surface area contributed by atoms with E-state index in [-0.39, 0.29) is 5.91 Å². The number of nitrogens with zero attached hydrogens (tertiary/aromatic N) is 5. The molecule has 1 fully saturated rings. The molecular formula is C24H29N5O3S. The summed E-state index contributed by atoms with van der Waals surface area (Å²) < 4.78 is 10.6. The molecule has 3 aromatic rings. The van der Waals surface area contributed by atoms with Crippen LogP contribution in [0.5, 0.6) is 0 Å². The Hall–Kier alpha value is -2.91. The molecule has 1 amide bonds. The zero-order chi connectivity index (χ0) is 23.0. The fourth-order valence-corrected chi connectivity index (χ4v) is 4.53. The largest absolute Gasteiger partial charge is 0.361 e. The molecule has 9 heteroatoms. The Bertz CT molecular complexity index is 1060. The molecule has 3 heterocycles. The first-order valence-electron chi connectivity index (χ1n) is 11.2. The molecule has 0 unspecified atom stereocenters. The Kier molecular flexibility index (Phi) is 7.96. The van der Waals surface area contributed by atoms with Crippen molar-refractivity contribution in [1.82, 2.24) is 25.1 Å². The number of amides is 1. The van der Waals surface area contributed by atoms with Crippen LogP contribution in [0.15, 0.2) is 44.8 Å². The fraction of sp³-hybridized carbons (Fsp3) is 0.417. The lowest BCUT2D eigenvalue weighted by Crippen LogP contribution is -2.35. The molecule has 1 aromatic carbocycles. The summed E-state index contributed by atoms with van der Waals surface area (Å²) in [6.07, 6.45) is 3.56. The van der Waals surface area contributed by atoms with Crippen LogP contribution >= 0.6 is 11.8 Å². The van der Waals surface area contributed by atoms with Crippen molar-refractivity contribution in [3.05, 3.63) is 58.6 Å². The van der Waals surface area contributed by atoms with E-state index in [1.54, 1.807) is 11.8 Å². The molecule has 0 aliphatic carbocycles. The summed E-state index contributed by atoms with van der Waals surface area (Å²) in [4.78, 5) is 21.4. The molecule has 0 radical (unpaired) electrons. The zero-order valence-corrected chi connectivity index (χ0v) is 19.9. The summed E-state index contributed by atoms with van der Waals surface area (Å²) in [5, 5.41) is 10.1. The highest BCUT2D eigenvalue weighted by Crippen LogP contribution is 2.25. The van der Waals surface area contributed by atoms with Gasteiger partial charge in [-0.1, -0.05) is 40.6 Å². The van der Waals surface area contributed by atoms with Gasteiger partial charge in [0.25, 0.3) is 5.89 Å². The van der Waals surface area contributed by atoms with Crippen molar-refractivity contribution < 1.29 is 13.8 Å². The molecule has 0 bridgehead atoms. The van der Waals surface area contributed by atoms with E-state index in [4.69, 9.17) is 9.05 Å². The Morgan fingerprint density at radius 1 is 1.09 bits per heavy atom. The van der Waals surface area contributed by atoms with Crippen LogP contribution in [0.1, 0.15) is 35.7 Å². The summed E-state index contributed by atoms with van der Waals surface area (Å²) in [6, 6.07) is 10.2. The minimum absolute atomic E-state index is 0.220. The number of hydrogen-bond donors (Lipinski definition) is 0. The number of benzene rings is 1. The normalized spacial score (nSPS) is 15.3. The molecule has 8 nitrogen and oxygen atoms in total. The van der Waals surface area contributed by atoms with E-state index >= 15 is 0 Å². The van der Waals surface area contributed by atoms with Gasteiger partial charge in [0, 0.05) is 38.4 Å². The molecule has 0 saturated carbocycles. The van der Waals surface area contributed by atoms with Crippen molar-refractivity contribution in [3.8, 4) is 11.5 Å². The maximum absolute atomic E-state index is 12.7. The van der Waals surface area contributed by atoms with Gasteiger partial charge in [0.15, 0.2) is 5.82 Å². The summed E-state index contributed by atoms with van der Waals surface area (Å²) in [5.74, 6) is 2.74. The van der Waals surface area contributed by atoms with E-state index in [1.807, 2.05) is 36.9 Å². The van der Waals surface area contributed by atoms with Crippen LogP contribution < -0.4 is 0 Å². The second-order valence-electron chi connectivity index (χ2n) is 8.06. The molecule has 174 valence electrons. The lowest BCUT2D eigenvalue weighted by molar-refractivity contribution is -0.130. The quantitative estimate of drug-likeness (QED) is 0.456. The number of rotatable bonds is 8. The summed E-state index contributed by atoms with van der Waals surface area (Å²) in [7, 11) is 0. The van der Waals surface area contributed by atoms with Gasteiger partial charge in [-0.3, -0.25) is 9.69 Å². The molecule has 33 heavy (non-hydrogen) atoms. The summed E-state index contributed by atoms with van der Waals surface area (Å²) in [6.45, 7) is 7.48. The second kappa shape index (κ2) is 11.3. The number of carbonyl (C=O) groups excluding carboxylic acids is 1. The van der Waals surface area contributed by atoms with Gasteiger partial charge in [0.2, 0.25) is 5.91 Å². The van der Waals surface area contributed by atoms with E-state index < -0.39 is 0 Å². The number of carbonyl (C=O) groups is 1. The van der Waals surface area contributed by atoms with Crippen LogP contribution in [-0.2, 0) is 11.3 Å². The van der Waals surface area contributed by atoms with E-state index in [0.29, 0.717) is 30.4 Å². The van der Waals surface area contributed by atoms with Gasteiger partial charge in [-0.15, -0.1) is 11.8 Å². The third-order valence-corrected chi connectivity index (χ3v) is 6.38. The second-order valence-corrected chi connectivity index (χ2v) is 9.07. The smallest absolute Gasteiger partial charge is 0.263 e. The van der Waals surface area contributed by atoms with Crippen molar-refractivity contribution in [2.24, 2.45) is 0 Å². The monoisotopic (exact) mass is 467 g/mol. The number of aromatic nitrogens is 3. The standard InChI is InChI=1S/C24H29N5O3S/c1-18-23(19(2)31-26-18)24-25-21(27-32-24)17-28-11-6-12-29(14-13-28)22(30)10-16-33-15-9-20-7-4-3-5-8-20/h3-5,7-9,15H,6,10-14,16-17H2,1-2H3/b15-9-. The van der Waals surface area contributed by atoms with Gasteiger partial charge in [-0.25, -0.2) is 0 Å². The molecule has 1 aliphatic heterocycles. The molecule has 1 aliphatic rings. The molecule has 0 atom stereocenters. The lowest BCUT2D eigenvalue weighted by Gasteiger charge is -2.21. The van der Waals surface area contributed by atoms with Gasteiger partial charge >= 0.3 is 0 Å². The van der Waals surface area contributed by atoms with Crippen molar-refractivity contribution in [2.75, 3.05) is 31.9 Å². The molecule has 4 rings (SSSR count).